The summed E-state index contributed by atoms with van der Waals surface area (Å²) in [6, 6.07) is 9.92. The molecule has 0 radical (unpaired) electrons. The Kier molecular flexibility index (Phi) is 2.04. The molecular weight excluding hydrogens is 164 g/mol. The van der Waals surface area contributed by atoms with Crippen molar-refractivity contribution in [2.75, 3.05) is 7.05 Å². The number of hydrogen-bond donors (Lipinski definition) is 1. The van der Waals surface area contributed by atoms with Crippen molar-refractivity contribution in [3.63, 3.8) is 0 Å². The lowest BCUT2D eigenvalue weighted by Crippen LogP contribution is -2.17. The van der Waals surface area contributed by atoms with Gasteiger partial charge in [-0.25, -0.2) is 5.43 Å². The van der Waals surface area contributed by atoms with Crippen LogP contribution >= 0.6 is 0 Å². The van der Waals surface area contributed by atoms with E-state index < -0.39 is 0 Å². The normalized spacial score (nSPS) is 23.5. The first-order valence-electron chi connectivity index (χ1n) is 4.09. The first kappa shape index (κ1) is 7.91. The molecule has 1 unspecified atom stereocenters. The summed E-state index contributed by atoms with van der Waals surface area (Å²) in [6.45, 7) is 0. The van der Waals surface area contributed by atoms with E-state index in [4.69, 9.17) is 0 Å². The summed E-state index contributed by atoms with van der Waals surface area (Å²) in [5.41, 5.74) is 3.87. The van der Waals surface area contributed by atoms with Crippen LogP contribution in [0.4, 0.5) is 0 Å². The molecule has 1 aliphatic heterocycles. The summed E-state index contributed by atoms with van der Waals surface area (Å²) in [6.07, 6.45) is 0. The van der Waals surface area contributed by atoms with E-state index in [-0.39, 0.29) is 6.04 Å². The molecule has 4 heteroatoms. The largest absolute Gasteiger partial charge is 0.272 e. The molecule has 1 atom stereocenters. The van der Waals surface area contributed by atoms with E-state index in [0.717, 1.165) is 11.4 Å². The Bertz CT molecular complexity index is 342. The van der Waals surface area contributed by atoms with E-state index in [1.54, 1.807) is 7.05 Å². The quantitative estimate of drug-likeness (QED) is 0.692. The minimum atomic E-state index is -0.0498. The van der Waals surface area contributed by atoms with Crippen LogP contribution in [0, 0.1) is 0 Å². The highest BCUT2D eigenvalue weighted by atomic mass is 15.5. The SMILES string of the molecule is CN=C1NN=NC1c1ccccc1. The van der Waals surface area contributed by atoms with Crippen molar-refractivity contribution in [1.29, 1.82) is 0 Å². The van der Waals surface area contributed by atoms with E-state index in [1.165, 1.54) is 0 Å². The molecule has 0 aliphatic carbocycles. The van der Waals surface area contributed by atoms with Gasteiger partial charge in [0.25, 0.3) is 0 Å². The molecule has 0 fully saturated rings. The predicted octanol–water partition coefficient (Wildman–Crippen LogP) is 1.73. The number of nitrogens with zero attached hydrogens (tertiary/aromatic N) is 3. The molecule has 13 heavy (non-hydrogen) atoms. The van der Waals surface area contributed by atoms with E-state index in [2.05, 4.69) is 20.8 Å². The zero-order valence-electron chi connectivity index (χ0n) is 7.31. The van der Waals surface area contributed by atoms with E-state index >= 15 is 0 Å². The van der Waals surface area contributed by atoms with E-state index in [1.807, 2.05) is 30.3 Å². The smallest absolute Gasteiger partial charge is 0.156 e. The fraction of sp³-hybridized carbons (Fsp3) is 0.222. The van der Waals surface area contributed by atoms with E-state index in [0.29, 0.717) is 0 Å². The molecule has 0 aromatic heterocycles. The number of benzene rings is 1. The highest BCUT2D eigenvalue weighted by Crippen LogP contribution is 2.21. The van der Waals surface area contributed by atoms with Gasteiger partial charge in [-0.2, -0.15) is 5.11 Å². The van der Waals surface area contributed by atoms with Gasteiger partial charge >= 0.3 is 0 Å². The third kappa shape index (κ3) is 1.42. The lowest BCUT2D eigenvalue weighted by atomic mass is 10.1. The molecule has 0 amide bonds. The Labute approximate surface area is 76.4 Å². The molecule has 0 bridgehead atoms. The summed E-state index contributed by atoms with van der Waals surface area (Å²) < 4.78 is 0. The molecule has 2 rings (SSSR count). The van der Waals surface area contributed by atoms with Gasteiger partial charge < -0.3 is 0 Å². The standard InChI is InChI=1S/C9H10N4/c1-10-9-8(11-13-12-9)7-5-3-2-4-6-7/h2-6,8H,1H3,(H,10,11,12). The van der Waals surface area contributed by atoms with Crippen molar-refractivity contribution in [3.05, 3.63) is 35.9 Å². The third-order valence-electron chi connectivity index (χ3n) is 1.95. The minimum Gasteiger partial charge on any atom is -0.272 e. The molecule has 1 N–H and O–H groups in total. The third-order valence-corrected chi connectivity index (χ3v) is 1.95. The first-order valence-corrected chi connectivity index (χ1v) is 4.09. The molecule has 1 heterocycles. The zero-order valence-corrected chi connectivity index (χ0v) is 7.31. The average molecular weight is 174 g/mol. The van der Waals surface area contributed by atoms with Crippen LogP contribution in [-0.4, -0.2) is 12.9 Å². The minimum absolute atomic E-state index is 0.0498. The molecule has 4 nitrogen and oxygen atoms in total. The molecule has 1 aromatic carbocycles. The fourth-order valence-electron chi connectivity index (χ4n) is 1.29. The van der Waals surface area contributed by atoms with Crippen molar-refractivity contribution in [1.82, 2.24) is 5.43 Å². The van der Waals surface area contributed by atoms with Gasteiger partial charge in [-0.3, -0.25) is 4.99 Å². The molecule has 0 saturated carbocycles. The van der Waals surface area contributed by atoms with Gasteiger partial charge in [0.2, 0.25) is 0 Å². The maximum atomic E-state index is 4.06. The van der Waals surface area contributed by atoms with Crippen LogP contribution in [0.15, 0.2) is 45.7 Å². The second kappa shape index (κ2) is 3.35. The van der Waals surface area contributed by atoms with Crippen LogP contribution in [0.2, 0.25) is 0 Å². The molecule has 1 aliphatic rings. The fourth-order valence-corrected chi connectivity index (χ4v) is 1.29. The number of hydrogen-bond acceptors (Lipinski definition) is 3. The van der Waals surface area contributed by atoms with Crippen molar-refractivity contribution in [2.45, 2.75) is 6.04 Å². The Morgan fingerprint density at radius 3 is 2.77 bits per heavy atom. The summed E-state index contributed by atoms with van der Waals surface area (Å²) in [5.74, 6) is 0.797. The second-order valence-corrected chi connectivity index (χ2v) is 2.75. The Morgan fingerprint density at radius 2 is 2.08 bits per heavy atom. The lowest BCUT2D eigenvalue weighted by molar-refractivity contribution is 0.899. The highest BCUT2D eigenvalue weighted by Gasteiger charge is 2.21. The Balaban J connectivity index is 2.32. The van der Waals surface area contributed by atoms with Gasteiger partial charge in [0.1, 0.15) is 5.84 Å². The van der Waals surface area contributed by atoms with Crippen LogP contribution in [0.25, 0.3) is 0 Å². The molecule has 1 aromatic rings. The van der Waals surface area contributed by atoms with Crippen LogP contribution in [-0.2, 0) is 0 Å². The van der Waals surface area contributed by atoms with Gasteiger partial charge in [-0.15, -0.1) is 0 Å². The predicted molar refractivity (Wildman–Crippen MR) is 50.5 cm³/mol. The lowest BCUT2D eigenvalue weighted by Gasteiger charge is -2.05. The van der Waals surface area contributed by atoms with Gasteiger partial charge in [-0.1, -0.05) is 35.6 Å². The van der Waals surface area contributed by atoms with Crippen molar-refractivity contribution in [2.24, 2.45) is 15.3 Å². The highest BCUT2D eigenvalue weighted by molar-refractivity contribution is 5.89. The molecule has 66 valence electrons. The van der Waals surface area contributed by atoms with Gasteiger partial charge in [-0.05, 0) is 5.56 Å². The Hall–Kier alpha value is -1.71. The number of rotatable bonds is 1. The van der Waals surface area contributed by atoms with Crippen LogP contribution in [0.5, 0.6) is 0 Å². The monoisotopic (exact) mass is 174 g/mol. The summed E-state index contributed by atoms with van der Waals surface area (Å²) in [5, 5.41) is 7.78. The number of amidine groups is 1. The van der Waals surface area contributed by atoms with Crippen molar-refractivity contribution < 1.29 is 0 Å². The van der Waals surface area contributed by atoms with Gasteiger partial charge in [0, 0.05) is 7.05 Å². The first-order chi connectivity index (χ1) is 6.42. The Morgan fingerprint density at radius 1 is 1.31 bits per heavy atom. The van der Waals surface area contributed by atoms with Crippen LogP contribution < -0.4 is 5.43 Å². The summed E-state index contributed by atoms with van der Waals surface area (Å²) >= 11 is 0. The maximum absolute atomic E-state index is 4.06. The number of aliphatic imine (C=N–C) groups is 1. The van der Waals surface area contributed by atoms with Crippen LogP contribution in [0.1, 0.15) is 11.6 Å². The summed E-state index contributed by atoms with van der Waals surface area (Å²) in [4.78, 5) is 4.06. The molecule has 0 spiro atoms. The van der Waals surface area contributed by atoms with E-state index in [9.17, 15) is 0 Å². The average Bonchev–Trinajstić information content (AvgIpc) is 2.67. The summed E-state index contributed by atoms with van der Waals surface area (Å²) in [7, 11) is 1.73. The molecular formula is C9H10N4. The second-order valence-electron chi connectivity index (χ2n) is 2.75. The maximum Gasteiger partial charge on any atom is 0.156 e. The zero-order chi connectivity index (χ0) is 9.10. The topological polar surface area (TPSA) is 49.1 Å². The number of nitrogens with one attached hydrogen (secondary N) is 1. The van der Waals surface area contributed by atoms with Gasteiger partial charge in [0.05, 0.1) is 0 Å². The van der Waals surface area contributed by atoms with Gasteiger partial charge in [0.15, 0.2) is 6.04 Å². The van der Waals surface area contributed by atoms with Crippen molar-refractivity contribution >= 4 is 5.84 Å². The van der Waals surface area contributed by atoms with Crippen molar-refractivity contribution in [3.8, 4) is 0 Å². The molecule has 0 saturated heterocycles. The van der Waals surface area contributed by atoms with Crippen LogP contribution in [0.3, 0.4) is 0 Å².